The van der Waals surface area contributed by atoms with Crippen molar-refractivity contribution < 1.29 is 14.0 Å². The zero-order valence-electron chi connectivity index (χ0n) is 13.0. The van der Waals surface area contributed by atoms with Crippen molar-refractivity contribution in [3.8, 4) is 0 Å². The molecule has 1 fully saturated rings. The van der Waals surface area contributed by atoms with Crippen LogP contribution >= 0.6 is 0 Å². The van der Waals surface area contributed by atoms with E-state index in [4.69, 9.17) is 8.85 Å². The van der Waals surface area contributed by atoms with Crippen molar-refractivity contribution in [3.05, 3.63) is 0 Å². The summed E-state index contributed by atoms with van der Waals surface area (Å²) in [4.78, 5) is 0. The third kappa shape index (κ3) is 2.98. The van der Waals surface area contributed by atoms with Crippen LogP contribution in [0.5, 0.6) is 0 Å². The van der Waals surface area contributed by atoms with Crippen LogP contribution in [0.25, 0.3) is 0 Å². The summed E-state index contributed by atoms with van der Waals surface area (Å²) < 4.78 is 12.7. The second-order valence-corrected chi connectivity index (χ2v) is 12.4. The van der Waals surface area contributed by atoms with Gasteiger partial charge >= 0.3 is 8.56 Å². The maximum atomic E-state index is 9.76. The Kier molecular flexibility index (Phi) is 4.70. The highest BCUT2D eigenvalue weighted by Gasteiger charge is 2.59. The Morgan fingerprint density at radius 1 is 1.06 bits per heavy atom. The molecule has 108 valence electrons. The van der Waals surface area contributed by atoms with Gasteiger partial charge in [-0.2, -0.15) is 0 Å². The van der Waals surface area contributed by atoms with Gasteiger partial charge < -0.3 is 14.0 Å². The first-order valence-corrected chi connectivity index (χ1v) is 8.79. The molecule has 0 spiro atoms. The lowest BCUT2D eigenvalue weighted by Crippen LogP contribution is -2.57. The van der Waals surface area contributed by atoms with Crippen molar-refractivity contribution >= 4 is 8.56 Å². The minimum atomic E-state index is -2.33. The fourth-order valence-corrected chi connectivity index (χ4v) is 7.99. The lowest BCUT2D eigenvalue weighted by molar-refractivity contribution is 0.0821. The summed E-state index contributed by atoms with van der Waals surface area (Å²) in [6.45, 7) is 16.5. The summed E-state index contributed by atoms with van der Waals surface area (Å²) in [7, 11) is -2.33. The highest BCUT2D eigenvalue weighted by Crippen LogP contribution is 2.53. The largest absolute Gasteiger partial charge is 0.394 e. The van der Waals surface area contributed by atoms with Gasteiger partial charge in [0.1, 0.15) is 0 Å². The quantitative estimate of drug-likeness (QED) is 0.744. The molecule has 0 radical (unpaired) electrons. The molecule has 1 aliphatic heterocycles. The number of hydrogen-bond donors (Lipinski definition) is 1. The number of rotatable bonds is 1. The predicted octanol–water partition coefficient (Wildman–Crippen LogP) is 3.46. The molecule has 0 amide bonds. The van der Waals surface area contributed by atoms with Gasteiger partial charge in [0.25, 0.3) is 0 Å². The second-order valence-electron chi connectivity index (χ2n) is 7.57. The molecule has 0 aromatic heterocycles. The van der Waals surface area contributed by atoms with E-state index in [0.29, 0.717) is 13.2 Å². The van der Waals surface area contributed by atoms with E-state index < -0.39 is 8.56 Å². The van der Waals surface area contributed by atoms with E-state index in [1.54, 1.807) is 0 Å². The van der Waals surface area contributed by atoms with Gasteiger partial charge in [-0.1, -0.05) is 41.5 Å². The molecule has 0 aromatic rings. The molecule has 0 bridgehead atoms. The Labute approximate surface area is 113 Å². The Balaban J connectivity index is 3.01. The lowest BCUT2D eigenvalue weighted by atomic mass is 10.0. The normalized spacial score (nSPS) is 27.7. The number of aliphatic hydroxyl groups is 1. The van der Waals surface area contributed by atoms with E-state index >= 15 is 0 Å². The first kappa shape index (κ1) is 16.2. The summed E-state index contributed by atoms with van der Waals surface area (Å²) >= 11 is 0. The molecule has 0 aliphatic carbocycles. The summed E-state index contributed by atoms with van der Waals surface area (Å²) in [5, 5.41) is 9.81. The Hall–Kier alpha value is 0.0969. The van der Waals surface area contributed by atoms with Gasteiger partial charge in [-0.3, -0.25) is 0 Å². The highest BCUT2D eigenvalue weighted by atomic mass is 28.4. The van der Waals surface area contributed by atoms with E-state index in [1.807, 2.05) is 6.92 Å². The van der Waals surface area contributed by atoms with Crippen LogP contribution in [0.4, 0.5) is 0 Å². The molecule has 1 rings (SSSR count). The van der Waals surface area contributed by atoms with Crippen LogP contribution in [0.2, 0.25) is 10.1 Å². The summed E-state index contributed by atoms with van der Waals surface area (Å²) in [5.41, 5.74) is 0. The SMILES string of the molecule is CC(O)C1CCO[Si](C(C)(C)C)(C(C)(C)C)OC1. The van der Waals surface area contributed by atoms with Gasteiger partial charge in [0.05, 0.1) is 6.10 Å². The van der Waals surface area contributed by atoms with Crippen molar-refractivity contribution in [1.82, 2.24) is 0 Å². The van der Waals surface area contributed by atoms with Crippen molar-refractivity contribution in [2.45, 2.75) is 71.1 Å². The van der Waals surface area contributed by atoms with Gasteiger partial charge in [-0.25, -0.2) is 0 Å². The van der Waals surface area contributed by atoms with Gasteiger partial charge in [-0.05, 0) is 13.3 Å². The molecule has 1 saturated heterocycles. The molecule has 0 aromatic carbocycles. The third-order valence-corrected chi connectivity index (χ3v) is 9.08. The van der Waals surface area contributed by atoms with Gasteiger partial charge in [0, 0.05) is 29.2 Å². The Morgan fingerprint density at radius 2 is 1.56 bits per heavy atom. The van der Waals surface area contributed by atoms with Crippen LogP contribution in [0.3, 0.4) is 0 Å². The Morgan fingerprint density at radius 3 is 1.94 bits per heavy atom. The molecule has 1 N–H and O–H groups in total. The molecular weight excluding hydrogens is 244 g/mol. The summed E-state index contributed by atoms with van der Waals surface area (Å²) in [6.07, 6.45) is 0.566. The molecule has 4 heteroatoms. The van der Waals surface area contributed by atoms with Crippen molar-refractivity contribution in [2.24, 2.45) is 5.92 Å². The first-order valence-electron chi connectivity index (χ1n) is 6.97. The minimum absolute atomic E-state index is 0.0266. The first-order chi connectivity index (χ1) is 8.01. The topological polar surface area (TPSA) is 38.7 Å². The van der Waals surface area contributed by atoms with Crippen LogP contribution in [0, 0.1) is 5.92 Å². The summed E-state index contributed by atoms with van der Waals surface area (Å²) in [6, 6.07) is 0. The zero-order chi connectivity index (χ0) is 14.2. The van der Waals surface area contributed by atoms with Crippen molar-refractivity contribution in [3.63, 3.8) is 0 Å². The monoisotopic (exact) mass is 274 g/mol. The Bertz CT molecular complexity index is 262. The van der Waals surface area contributed by atoms with Crippen LogP contribution in [0.15, 0.2) is 0 Å². The van der Waals surface area contributed by atoms with Crippen molar-refractivity contribution in [1.29, 1.82) is 0 Å². The van der Waals surface area contributed by atoms with E-state index in [0.717, 1.165) is 6.42 Å². The maximum absolute atomic E-state index is 9.76. The lowest BCUT2D eigenvalue weighted by Gasteiger charge is -2.48. The molecular formula is C14H30O3Si. The predicted molar refractivity (Wildman–Crippen MR) is 76.9 cm³/mol. The molecule has 2 atom stereocenters. The standard InChI is InChI=1S/C14H30O3Si/c1-11(15)12-8-9-16-18(17-10-12,13(2,3)4)14(5,6)7/h11-12,15H,8-10H2,1-7H3. The van der Waals surface area contributed by atoms with Gasteiger partial charge in [-0.15, -0.1) is 0 Å². The molecule has 3 nitrogen and oxygen atoms in total. The van der Waals surface area contributed by atoms with E-state index in [2.05, 4.69) is 41.5 Å². The molecule has 0 saturated carbocycles. The zero-order valence-corrected chi connectivity index (χ0v) is 14.0. The smallest absolute Gasteiger partial charge is 0.349 e. The van der Waals surface area contributed by atoms with Crippen LogP contribution < -0.4 is 0 Å². The molecule has 1 aliphatic rings. The van der Waals surface area contributed by atoms with E-state index in [-0.39, 0.29) is 22.1 Å². The second kappa shape index (κ2) is 5.23. The van der Waals surface area contributed by atoms with Crippen LogP contribution in [0.1, 0.15) is 54.9 Å². The third-order valence-electron chi connectivity index (χ3n) is 3.95. The maximum Gasteiger partial charge on any atom is 0.349 e. The fraction of sp³-hybridized carbons (Fsp3) is 1.00. The van der Waals surface area contributed by atoms with E-state index in [1.165, 1.54) is 0 Å². The van der Waals surface area contributed by atoms with Gasteiger partial charge in [0.2, 0.25) is 0 Å². The molecule has 1 heterocycles. The number of aliphatic hydroxyl groups excluding tert-OH is 1. The van der Waals surface area contributed by atoms with E-state index in [9.17, 15) is 5.11 Å². The molecule has 18 heavy (non-hydrogen) atoms. The van der Waals surface area contributed by atoms with Crippen LogP contribution in [-0.2, 0) is 8.85 Å². The number of hydrogen-bond acceptors (Lipinski definition) is 3. The average molecular weight is 274 g/mol. The summed E-state index contributed by atoms with van der Waals surface area (Å²) in [5.74, 6) is 0.198. The minimum Gasteiger partial charge on any atom is -0.394 e. The average Bonchev–Trinajstić information content (AvgIpc) is 2.37. The highest BCUT2D eigenvalue weighted by molar-refractivity contribution is 6.73. The van der Waals surface area contributed by atoms with Gasteiger partial charge in [0.15, 0.2) is 0 Å². The van der Waals surface area contributed by atoms with Crippen molar-refractivity contribution in [2.75, 3.05) is 13.2 Å². The fourth-order valence-electron chi connectivity index (χ4n) is 3.07. The molecule has 2 unspecified atom stereocenters. The van der Waals surface area contributed by atoms with Crippen LogP contribution in [-0.4, -0.2) is 33.0 Å².